The summed E-state index contributed by atoms with van der Waals surface area (Å²) >= 11 is 0. The zero-order valence-corrected chi connectivity index (χ0v) is 10.1. The Morgan fingerprint density at radius 2 is 1.54 bits per heavy atom. The molecule has 0 nitrogen and oxygen atoms in total. The minimum atomic E-state index is 1.04. The molecule has 76 valence electrons. The lowest BCUT2D eigenvalue weighted by Gasteiger charge is -1.96. The van der Waals surface area contributed by atoms with Crippen LogP contribution in [0.2, 0.25) is 0 Å². The molecule has 0 amide bonds. The molecule has 0 spiro atoms. The van der Waals surface area contributed by atoms with Gasteiger partial charge in [0.2, 0.25) is 0 Å². The van der Waals surface area contributed by atoms with Crippen LogP contribution in [-0.4, -0.2) is 0 Å². The van der Waals surface area contributed by atoms with Crippen molar-refractivity contribution < 1.29 is 0 Å². The average Bonchev–Trinajstić information content (AvgIpc) is 2.06. The van der Waals surface area contributed by atoms with Gasteiger partial charge in [0, 0.05) is 0 Å². The molecule has 0 bridgehead atoms. The molecule has 0 fully saturated rings. The van der Waals surface area contributed by atoms with Gasteiger partial charge in [-0.25, -0.2) is 0 Å². The minimum Gasteiger partial charge on any atom is -0.0958 e. The fourth-order valence-corrected chi connectivity index (χ4v) is 0.921. The Morgan fingerprint density at radius 3 is 1.85 bits per heavy atom. The van der Waals surface area contributed by atoms with Gasteiger partial charge in [-0.2, -0.15) is 0 Å². The molecule has 0 unspecified atom stereocenters. The van der Waals surface area contributed by atoms with Crippen molar-refractivity contribution in [1.82, 2.24) is 0 Å². The van der Waals surface area contributed by atoms with Gasteiger partial charge in [-0.05, 0) is 27.2 Å². The van der Waals surface area contributed by atoms with Crippen LogP contribution in [0, 0.1) is 0 Å². The summed E-state index contributed by atoms with van der Waals surface area (Å²) in [5, 5.41) is 0. The summed E-state index contributed by atoms with van der Waals surface area (Å²) in [6, 6.07) is 0. The summed E-state index contributed by atoms with van der Waals surface area (Å²) in [5.74, 6) is 0. The molecule has 0 heteroatoms. The van der Waals surface area contributed by atoms with Crippen molar-refractivity contribution in [2.75, 3.05) is 0 Å². The van der Waals surface area contributed by atoms with E-state index in [-0.39, 0.29) is 0 Å². The molecule has 0 saturated heterocycles. The molecule has 0 N–H and O–H groups in total. The molecule has 0 aromatic rings. The van der Waals surface area contributed by atoms with Crippen LogP contribution >= 0.6 is 0 Å². The van der Waals surface area contributed by atoms with E-state index in [1.807, 2.05) is 13.8 Å². The van der Waals surface area contributed by atoms with Gasteiger partial charge in [0.05, 0.1) is 0 Å². The van der Waals surface area contributed by atoms with Gasteiger partial charge in [-0.1, -0.05) is 56.2 Å². The van der Waals surface area contributed by atoms with Crippen LogP contribution < -0.4 is 0 Å². The van der Waals surface area contributed by atoms with E-state index >= 15 is 0 Å². The van der Waals surface area contributed by atoms with Crippen molar-refractivity contribution in [3.8, 4) is 0 Å². The molecule has 0 radical (unpaired) electrons. The van der Waals surface area contributed by atoms with Crippen LogP contribution in [0.15, 0.2) is 35.5 Å². The first-order chi connectivity index (χ1) is 6.06. The third-order valence-electron chi connectivity index (χ3n) is 1.40. The van der Waals surface area contributed by atoms with Crippen LogP contribution in [0.3, 0.4) is 0 Å². The third-order valence-corrected chi connectivity index (χ3v) is 1.40. The maximum atomic E-state index is 3.91. The second-order valence-electron chi connectivity index (χ2n) is 3.12. The molecular formula is C13H24. The SMILES string of the molecule is C=C(/C=C(/C)C=C(C)C)CC.CC. The lowest BCUT2D eigenvalue weighted by molar-refractivity contribution is 1.15. The fraction of sp³-hybridized carbons (Fsp3) is 0.538. The highest BCUT2D eigenvalue weighted by molar-refractivity contribution is 5.28. The van der Waals surface area contributed by atoms with Gasteiger partial charge < -0.3 is 0 Å². The lowest BCUT2D eigenvalue weighted by Crippen LogP contribution is -1.75. The van der Waals surface area contributed by atoms with Gasteiger partial charge in [0.1, 0.15) is 0 Å². The van der Waals surface area contributed by atoms with E-state index in [2.05, 4.69) is 46.4 Å². The van der Waals surface area contributed by atoms with Crippen molar-refractivity contribution in [2.24, 2.45) is 0 Å². The number of hydrogen-bond donors (Lipinski definition) is 0. The Labute approximate surface area is 84.1 Å². The third kappa shape index (κ3) is 11.2. The number of allylic oxidation sites excluding steroid dienone is 5. The van der Waals surface area contributed by atoms with Crippen molar-refractivity contribution in [1.29, 1.82) is 0 Å². The fourth-order valence-electron chi connectivity index (χ4n) is 0.921. The van der Waals surface area contributed by atoms with Crippen LogP contribution in [0.5, 0.6) is 0 Å². The Kier molecular flexibility index (Phi) is 10.5. The normalized spacial score (nSPS) is 9.85. The maximum absolute atomic E-state index is 3.91. The Bertz CT molecular complexity index is 188. The average molecular weight is 180 g/mol. The Morgan fingerprint density at radius 1 is 1.08 bits per heavy atom. The molecule has 13 heavy (non-hydrogen) atoms. The minimum absolute atomic E-state index is 1.04. The Balaban J connectivity index is 0. The van der Waals surface area contributed by atoms with E-state index in [0.29, 0.717) is 0 Å². The van der Waals surface area contributed by atoms with E-state index in [4.69, 9.17) is 0 Å². The highest BCUT2D eigenvalue weighted by atomic mass is 13.9. The molecule has 0 aliphatic heterocycles. The van der Waals surface area contributed by atoms with E-state index in [1.54, 1.807) is 0 Å². The van der Waals surface area contributed by atoms with Crippen LogP contribution in [0.25, 0.3) is 0 Å². The van der Waals surface area contributed by atoms with E-state index in [9.17, 15) is 0 Å². The molecular weight excluding hydrogens is 156 g/mol. The predicted octanol–water partition coefficient (Wildman–Crippen LogP) is 4.89. The molecule has 0 rings (SSSR count). The second-order valence-corrected chi connectivity index (χ2v) is 3.12. The Hall–Kier alpha value is -0.780. The first-order valence-corrected chi connectivity index (χ1v) is 5.07. The van der Waals surface area contributed by atoms with Gasteiger partial charge in [-0.3, -0.25) is 0 Å². The van der Waals surface area contributed by atoms with Crippen molar-refractivity contribution in [2.45, 2.75) is 48.0 Å². The highest BCUT2D eigenvalue weighted by Gasteiger charge is 1.86. The largest absolute Gasteiger partial charge is 0.0958 e. The molecule has 0 aromatic carbocycles. The van der Waals surface area contributed by atoms with Gasteiger partial charge in [0.15, 0.2) is 0 Å². The molecule has 0 saturated carbocycles. The summed E-state index contributed by atoms with van der Waals surface area (Å²) in [6.07, 6.45) is 5.34. The van der Waals surface area contributed by atoms with Crippen molar-refractivity contribution in [3.63, 3.8) is 0 Å². The highest BCUT2D eigenvalue weighted by Crippen LogP contribution is 2.06. The second kappa shape index (κ2) is 9.31. The standard InChI is InChI=1S/C11H18.C2H6/c1-6-10(4)8-11(5)7-9(2)3;1-2/h7-8H,4,6H2,1-3,5H3;1-2H3/b11-8-;. The quantitative estimate of drug-likeness (QED) is 0.542. The summed E-state index contributed by atoms with van der Waals surface area (Å²) in [6.45, 7) is 16.3. The summed E-state index contributed by atoms with van der Waals surface area (Å²) in [4.78, 5) is 0. The topological polar surface area (TPSA) is 0 Å². The first kappa shape index (κ1) is 14.7. The summed E-state index contributed by atoms with van der Waals surface area (Å²) in [5.41, 5.74) is 3.82. The first-order valence-electron chi connectivity index (χ1n) is 5.07. The van der Waals surface area contributed by atoms with Crippen LogP contribution in [0.4, 0.5) is 0 Å². The van der Waals surface area contributed by atoms with Gasteiger partial charge >= 0.3 is 0 Å². The van der Waals surface area contributed by atoms with Gasteiger partial charge in [-0.15, -0.1) is 0 Å². The molecule has 0 aromatic heterocycles. The zero-order chi connectivity index (χ0) is 10.9. The van der Waals surface area contributed by atoms with Gasteiger partial charge in [0.25, 0.3) is 0 Å². The van der Waals surface area contributed by atoms with E-state index < -0.39 is 0 Å². The molecule has 0 heterocycles. The van der Waals surface area contributed by atoms with Crippen LogP contribution in [0.1, 0.15) is 48.0 Å². The molecule has 0 aliphatic rings. The molecule has 0 atom stereocenters. The zero-order valence-electron chi connectivity index (χ0n) is 10.1. The maximum Gasteiger partial charge on any atom is -0.0313 e. The van der Waals surface area contributed by atoms with Crippen molar-refractivity contribution in [3.05, 3.63) is 35.5 Å². The van der Waals surface area contributed by atoms with E-state index in [0.717, 1.165) is 6.42 Å². The van der Waals surface area contributed by atoms with Crippen LogP contribution in [-0.2, 0) is 0 Å². The van der Waals surface area contributed by atoms with E-state index in [1.165, 1.54) is 16.7 Å². The predicted molar refractivity (Wildman–Crippen MR) is 64.0 cm³/mol. The monoisotopic (exact) mass is 180 g/mol. The number of rotatable bonds is 3. The molecule has 0 aliphatic carbocycles. The lowest BCUT2D eigenvalue weighted by atomic mass is 10.1. The summed E-state index contributed by atoms with van der Waals surface area (Å²) in [7, 11) is 0. The van der Waals surface area contributed by atoms with Crippen molar-refractivity contribution >= 4 is 0 Å². The summed E-state index contributed by atoms with van der Waals surface area (Å²) < 4.78 is 0. The smallest absolute Gasteiger partial charge is 0.0313 e. The number of hydrogen-bond acceptors (Lipinski definition) is 0.